The standard InChI is InChI=1S/C17H11F3N2O/c18-17(19,20)10-4-9-7-21-8-14(9)12(5-10)11-2-1-3-15-13(11)6-16(23)22-15/h1-5,8H,6-7H2,(H,22,23). The quantitative estimate of drug-likeness (QED) is 0.854. The van der Waals surface area contributed by atoms with Gasteiger partial charge < -0.3 is 5.32 Å². The third-order valence-corrected chi connectivity index (χ3v) is 4.15. The van der Waals surface area contributed by atoms with E-state index >= 15 is 0 Å². The van der Waals surface area contributed by atoms with Crippen molar-refractivity contribution in [3.63, 3.8) is 0 Å². The minimum atomic E-state index is -4.42. The third kappa shape index (κ3) is 2.21. The molecule has 0 spiro atoms. The lowest BCUT2D eigenvalue weighted by atomic mass is 9.90. The molecule has 1 amide bonds. The summed E-state index contributed by atoms with van der Waals surface area (Å²) in [5.74, 6) is -0.148. The highest BCUT2D eigenvalue weighted by Crippen LogP contribution is 2.40. The summed E-state index contributed by atoms with van der Waals surface area (Å²) >= 11 is 0. The molecule has 1 N–H and O–H groups in total. The zero-order chi connectivity index (χ0) is 16.2. The number of halogens is 3. The van der Waals surface area contributed by atoms with Crippen LogP contribution in [0.4, 0.5) is 18.9 Å². The maximum Gasteiger partial charge on any atom is 0.416 e. The molecule has 0 aromatic heterocycles. The van der Waals surface area contributed by atoms with Gasteiger partial charge in [0.1, 0.15) is 0 Å². The van der Waals surface area contributed by atoms with E-state index in [1.165, 1.54) is 0 Å². The van der Waals surface area contributed by atoms with Crippen molar-refractivity contribution < 1.29 is 18.0 Å². The molecule has 0 fully saturated rings. The van der Waals surface area contributed by atoms with Crippen molar-refractivity contribution in [2.75, 3.05) is 5.32 Å². The summed E-state index contributed by atoms with van der Waals surface area (Å²) in [5.41, 5.74) is 3.09. The average Bonchev–Trinajstić information content (AvgIpc) is 3.09. The van der Waals surface area contributed by atoms with Gasteiger partial charge >= 0.3 is 6.18 Å². The van der Waals surface area contributed by atoms with Gasteiger partial charge in [0, 0.05) is 17.5 Å². The maximum atomic E-state index is 13.2. The minimum absolute atomic E-state index is 0.148. The van der Waals surface area contributed by atoms with Crippen LogP contribution in [0.2, 0.25) is 0 Å². The number of anilines is 1. The maximum absolute atomic E-state index is 13.2. The van der Waals surface area contributed by atoms with Crippen molar-refractivity contribution in [2.24, 2.45) is 4.99 Å². The van der Waals surface area contributed by atoms with Gasteiger partial charge in [-0.25, -0.2) is 0 Å². The van der Waals surface area contributed by atoms with E-state index in [4.69, 9.17) is 0 Å². The monoisotopic (exact) mass is 316 g/mol. The third-order valence-electron chi connectivity index (χ3n) is 4.15. The van der Waals surface area contributed by atoms with E-state index in [0.717, 1.165) is 17.7 Å². The molecule has 0 aliphatic carbocycles. The van der Waals surface area contributed by atoms with Gasteiger partial charge in [0.15, 0.2) is 0 Å². The van der Waals surface area contributed by atoms with E-state index < -0.39 is 11.7 Å². The molecule has 0 radical (unpaired) electrons. The number of aliphatic imine (C=N–C) groups is 1. The lowest BCUT2D eigenvalue weighted by molar-refractivity contribution is -0.137. The summed E-state index contributed by atoms with van der Waals surface area (Å²) in [6.07, 6.45) is -2.64. The van der Waals surface area contributed by atoms with E-state index in [1.807, 2.05) is 0 Å². The predicted molar refractivity (Wildman–Crippen MR) is 80.5 cm³/mol. The molecule has 6 heteroatoms. The molecule has 4 rings (SSSR count). The van der Waals surface area contributed by atoms with Crippen LogP contribution in [0.3, 0.4) is 0 Å². The van der Waals surface area contributed by atoms with Gasteiger partial charge in [0.25, 0.3) is 0 Å². The van der Waals surface area contributed by atoms with Crippen molar-refractivity contribution in [2.45, 2.75) is 19.1 Å². The molecule has 3 nitrogen and oxygen atoms in total. The Morgan fingerprint density at radius 2 is 1.96 bits per heavy atom. The summed E-state index contributed by atoms with van der Waals surface area (Å²) in [6.45, 7) is 0.248. The molecular weight excluding hydrogens is 305 g/mol. The summed E-state index contributed by atoms with van der Waals surface area (Å²) in [4.78, 5) is 15.7. The van der Waals surface area contributed by atoms with Gasteiger partial charge in [-0.15, -0.1) is 0 Å². The van der Waals surface area contributed by atoms with Gasteiger partial charge in [-0.1, -0.05) is 12.1 Å². The normalized spacial score (nSPS) is 15.5. The summed E-state index contributed by atoms with van der Waals surface area (Å²) in [6, 6.07) is 7.54. The first-order chi connectivity index (χ1) is 10.9. The molecule has 0 saturated carbocycles. The van der Waals surface area contributed by atoms with Crippen LogP contribution >= 0.6 is 0 Å². The van der Waals surface area contributed by atoms with E-state index in [-0.39, 0.29) is 18.9 Å². The van der Waals surface area contributed by atoms with Crippen molar-refractivity contribution in [3.8, 4) is 11.1 Å². The Morgan fingerprint density at radius 3 is 2.74 bits per heavy atom. The van der Waals surface area contributed by atoms with Crippen molar-refractivity contribution >= 4 is 17.8 Å². The van der Waals surface area contributed by atoms with Crippen molar-refractivity contribution in [1.82, 2.24) is 0 Å². The lowest BCUT2D eigenvalue weighted by Gasteiger charge is -2.15. The predicted octanol–water partition coefficient (Wildman–Crippen LogP) is 3.80. The molecule has 2 aliphatic rings. The zero-order valence-corrected chi connectivity index (χ0v) is 11.9. The summed E-state index contributed by atoms with van der Waals surface area (Å²) < 4.78 is 39.5. The number of carbonyl (C=O) groups is 1. The van der Waals surface area contributed by atoms with Crippen LogP contribution < -0.4 is 5.32 Å². The molecule has 2 aromatic rings. The molecule has 2 aromatic carbocycles. The lowest BCUT2D eigenvalue weighted by Crippen LogP contribution is -2.07. The van der Waals surface area contributed by atoms with Gasteiger partial charge in [-0.3, -0.25) is 9.79 Å². The number of benzene rings is 2. The highest BCUT2D eigenvalue weighted by Gasteiger charge is 2.33. The molecular formula is C17H11F3N2O. The second-order valence-electron chi connectivity index (χ2n) is 5.62. The van der Waals surface area contributed by atoms with Crippen molar-refractivity contribution in [3.05, 3.63) is 52.6 Å². The number of alkyl halides is 3. The Kier molecular flexibility index (Phi) is 2.85. The molecule has 0 unspecified atom stereocenters. The second-order valence-corrected chi connectivity index (χ2v) is 5.62. The Hall–Kier alpha value is -2.63. The SMILES string of the molecule is O=C1Cc2c(cccc2-c2cc(C(F)(F)F)cc3c2C=NC3)N1. The molecule has 2 heterocycles. The number of amides is 1. The Labute approximate surface area is 129 Å². The first-order valence-corrected chi connectivity index (χ1v) is 7.09. The molecule has 23 heavy (non-hydrogen) atoms. The Balaban J connectivity index is 1.97. The van der Waals surface area contributed by atoms with E-state index in [0.29, 0.717) is 27.9 Å². The minimum Gasteiger partial charge on any atom is -0.326 e. The van der Waals surface area contributed by atoms with Crippen LogP contribution in [0.1, 0.15) is 22.3 Å². The van der Waals surface area contributed by atoms with Gasteiger partial charge in [0.2, 0.25) is 5.91 Å². The summed E-state index contributed by atoms with van der Waals surface area (Å²) in [7, 11) is 0. The van der Waals surface area contributed by atoms with Gasteiger partial charge in [0.05, 0.1) is 18.5 Å². The van der Waals surface area contributed by atoms with Crippen LogP contribution in [-0.2, 0) is 23.9 Å². The van der Waals surface area contributed by atoms with E-state index in [1.54, 1.807) is 24.4 Å². The largest absolute Gasteiger partial charge is 0.416 e. The van der Waals surface area contributed by atoms with Crippen LogP contribution in [-0.4, -0.2) is 12.1 Å². The highest BCUT2D eigenvalue weighted by molar-refractivity contribution is 6.03. The smallest absolute Gasteiger partial charge is 0.326 e. The van der Waals surface area contributed by atoms with Crippen LogP contribution in [0.5, 0.6) is 0 Å². The van der Waals surface area contributed by atoms with Crippen LogP contribution in [0, 0.1) is 0 Å². The number of hydrogen-bond donors (Lipinski definition) is 1. The van der Waals surface area contributed by atoms with E-state index in [9.17, 15) is 18.0 Å². The Bertz CT molecular complexity index is 869. The molecule has 0 saturated heterocycles. The van der Waals surface area contributed by atoms with Crippen LogP contribution in [0.25, 0.3) is 11.1 Å². The fourth-order valence-electron chi connectivity index (χ4n) is 3.12. The Morgan fingerprint density at radius 1 is 1.13 bits per heavy atom. The number of fused-ring (bicyclic) bond motifs is 2. The molecule has 0 bridgehead atoms. The summed E-state index contributed by atoms with van der Waals surface area (Å²) in [5, 5.41) is 2.73. The first-order valence-electron chi connectivity index (χ1n) is 7.09. The first kappa shape index (κ1) is 14.0. The number of nitrogens with zero attached hydrogens (tertiary/aromatic N) is 1. The van der Waals surface area contributed by atoms with Crippen molar-refractivity contribution in [1.29, 1.82) is 0 Å². The molecule has 2 aliphatic heterocycles. The zero-order valence-electron chi connectivity index (χ0n) is 11.9. The average molecular weight is 316 g/mol. The fraction of sp³-hybridized carbons (Fsp3) is 0.176. The van der Waals surface area contributed by atoms with Crippen LogP contribution in [0.15, 0.2) is 35.3 Å². The fourth-order valence-corrected chi connectivity index (χ4v) is 3.12. The number of carbonyl (C=O) groups excluding carboxylic acids is 1. The number of rotatable bonds is 1. The molecule has 0 atom stereocenters. The second kappa shape index (κ2) is 4.68. The van der Waals surface area contributed by atoms with E-state index in [2.05, 4.69) is 10.3 Å². The molecule has 116 valence electrons. The van der Waals surface area contributed by atoms with Gasteiger partial charge in [-0.2, -0.15) is 13.2 Å². The number of nitrogens with one attached hydrogen (secondary N) is 1. The van der Waals surface area contributed by atoms with Gasteiger partial charge in [-0.05, 0) is 40.5 Å². The highest BCUT2D eigenvalue weighted by atomic mass is 19.4. The number of hydrogen-bond acceptors (Lipinski definition) is 2. The topological polar surface area (TPSA) is 41.5 Å².